The second-order valence-electron chi connectivity index (χ2n) is 2.78. The van der Waals surface area contributed by atoms with Gasteiger partial charge in [-0.05, 0) is 6.07 Å². The molecule has 0 aliphatic carbocycles. The van der Waals surface area contributed by atoms with Gasteiger partial charge in [0.2, 0.25) is 6.79 Å². The molecule has 4 heteroatoms. The zero-order valence-electron chi connectivity index (χ0n) is 7.00. The fourth-order valence-electron chi connectivity index (χ4n) is 1.33. The topological polar surface area (TPSA) is 44.5 Å². The number of fused-ring (bicyclic) bond motifs is 1. The van der Waals surface area contributed by atoms with Gasteiger partial charge in [-0.3, -0.25) is 0 Å². The highest BCUT2D eigenvalue weighted by molar-refractivity contribution is 5.49. The van der Waals surface area contributed by atoms with Crippen LogP contribution in [0.3, 0.4) is 0 Å². The first-order chi connectivity index (χ1) is 6.33. The van der Waals surface area contributed by atoms with Crippen LogP contribution in [0.5, 0.6) is 11.5 Å². The number of ether oxygens (including phenoxy) is 2. The molecule has 1 unspecified atom stereocenters. The van der Waals surface area contributed by atoms with E-state index in [1.54, 1.807) is 18.2 Å². The fraction of sp³-hybridized carbons (Fsp3) is 0.333. The van der Waals surface area contributed by atoms with E-state index >= 15 is 0 Å². The molecule has 1 aliphatic rings. The quantitative estimate of drug-likeness (QED) is 0.753. The normalized spacial score (nSPS) is 15.8. The Morgan fingerprint density at radius 3 is 3.08 bits per heavy atom. The minimum atomic E-state index is -1.18. The molecule has 1 aromatic carbocycles. The molecule has 70 valence electrons. The Morgan fingerprint density at radius 2 is 2.31 bits per heavy atom. The van der Waals surface area contributed by atoms with E-state index in [9.17, 15) is 4.39 Å². The highest BCUT2D eigenvalue weighted by Gasteiger charge is 2.21. The lowest BCUT2D eigenvalue weighted by molar-refractivity contribution is 0.171. The van der Waals surface area contributed by atoms with E-state index in [4.69, 9.17) is 15.2 Å². The van der Waals surface area contributed by atoms with Gasteiger partial charge in [0, 0.05) is 12.1 Å². The first-order valence-electron chi connectivity index (χ1n) is 4.05. The fourth-order valence-corrected chi connectivity index (χ4v) is 1.33. The summed E-state index contributed by atoms with van der Waals surface area (Å²) in [7, 11) is 0. The number of benzene rings is 1. The maximum absolute atomic E-state index is 13.3. The Morgan fingerprint density at radius 1 is 1.46 bits per heavy atom. The van der Waals surface area contributed by atoms with Crippen LogP contribution in [0.2, 0.25) is 0 Å². The SMILES string of the molecule is NCC(F)c1cccc2c1OCO2. The molecule has 1 aromatic rings. The molecular weight excluding hydrogens is 173 g/mol. The zero-order chi connectivity index (χ0) is 9.26. The number of hydrogen-bond donors (Lipinski definition) is 1. The van der Waals surface area contributed by atoms with Crippen LogP contribution < -0.4 is 15.2 Å². The number of alkyl halides is 1. The maximum Gasteiger partial charge on any atom is 0.231 e. The predicted molar refractivity (Wildman–Crippen MR) is 45.5 cm³/mol. The number of para-hydroxylation sites is 1. The van der Waals surface area contributed by atoms with Crippen molar-refractivity contribution in [2.75, 3.05) is 13.3 Å². The molecule has 3 nitrogen and oxygen atoms in total. The van der Waals surface area contributed by atoms with Crippen molar-refractivity contribution in [3.8, 4) is 11.5 Å². The maximum atomic E-state index is 13.3. The second-order valence-corrected chi connectivity index (χ2v) is 2.78. The summed E-state index contributed by atoms with van der Waals surface area (Å²) in [6.45, 7) is 0.115. The second kappa shape index (κ2) is 3.22. The Kier molecular flexibility index (Phi) is 2.06. The lowest BCUT2D eigenvalue weighted by Gasteiger charge is -2.07. The monoisotopic (exact) mass is 183 g/mol. The molecule has 2 rings (SSSR count). The average Bonchev–Trinajstić information content (AvgIpc) is 2.63. The predicted octanol–water partition coefficient (Wildman–Crippen LogP) is 1.38. The summed E-state index contributed by atoms with van der Waals surface area (Å²) >= 11 is 0. The number of hydrogen-bond acceptors (Lipinski definition) is 3. The van der Waals surface area contributed by atoms with E-state index in [1.165, 1.54) is 0 Å². The Bertz CT molecular complexity index is 316. The van der Waals surface area contributed by atoms with Crippen molar-refractivity contribution in [3.05, 3.63) is 23.8 Å². The minimum absolute atomic E-state index is 0.0419. The van der Waals surface area contributed by atoms with Gasteiger partial charge >= 0.3 is 0 Å². The molecule has 0 bridgehead atoms. The molecule has 0 amide bonds. The summed E-state index contributed by atoms with van der Waals surface area (Å²) in [5, 5.41) is 0. The van der Waals surface area contributed by atoms with Gasteiger partial charge in [-0.25, -0.2) is 4.39 Å². The molecule has 1 heterocycles. The summed E-state index contributed by atoms with van der Waals surface area (Å²) < 4.78 is 23.5. The highest BCUT2D eigenvalue weighted by atomic mass is 19.1. The van der Waals surface area contributed by atoms with Crippen LogP contribution in [0.4, 0.5) is 4.39 Å². The van der Waals surface area contributed by atoms with Crippen molar-refractivity contribution in [1.29, 1.82) is 0 Å². The molecule has 0 spiro atoms. The van der Waals surface area contributed by atoms with Gasteiger partial charge in [-0.2, -0.15) is 0 Å². The van der Waals surface area contributed by atoms with Gasteiger partial charge in [-0.1, -0.05) is 12.1 Å². The largest absolute Gasteiger partial charge is 0.454 e. The first-order valence-corrected chi connectivity index (χ1v) is 4.05. The number of rotatable bonds is 2. The van der Waals surface area contributed by atoms with E-state index in [-0.39, 0.29) is 13.3 Å². The van der Waals surface area contributed by atoms with E-state index < -0.39 is 6.17 Å². The van der Waals surface area contributed by atoms with E-state index in [0.717, 1.165) is 0 Å². The third-order valence-corrected chi connectivity index (χ3v) is 1.97. The summed E-state index contributed by atoms with van der Waals surface area (Å²) in [5.74, 6) is 1.08. The molecular formula is C9H10FNO2. The smallest absolute Gasteiger partial charge is 0.231 e. The molecule has 1 atom stereocenters. The van der Waals surface area contributed by atoms with Crippen LogP contribution in [0.15, 0.2) is 18.2 Å². The molecule has 1 aliphatic heterocycles. The minimum Gasteiger partial charge on any atom is -0.454 e. The van der Waals surface area contributed by atoms with Crippen LogP contribution in [0.1, 0.15) is 11.7 Å². The van der Waals surface area contributed by atoms with Crippen LogP contribution in [0, 0.1) is 0 Å². The van der Waals surface area contributed by atoms with Crippen LogP contribution in [0.25, 0.3) is 0 Å². The van der Waals surface area contributed by atoms with Crippen molar-refractivity contribution in [1.82, 2.24) is 0 Å². The average molecular weight is 183 g/mol. The van der Waals surface area contributed by atoms with Crippen molar-refractivity contribution in [2.45, 2.75) is 6.17 Å². The summed E-state index contributed by atoms with van der Waals surface area (Å²) in [6, 6.07) is 5.13. The van der Waals surface area contributed by atoms with Gasteiger partial charge in [0.25, 0.3) is 0 Å². The van der Waals surface area contributed by atoms with Crippen LogP contribution in [-0.4, -0.2) is 13.3 Å². The standard InChI is InChI=1S/C9H10FNO2/c10-7(4-11)6-2-1-3-8-9(6)13-5-12-8/h1-3,7H,4-5,11H2. The lowest BCUT2D eigenvalue weighted by atomic mass is 10.1. The Balaban J connectivity index is 2.41. The van der Waals surface area contributed by atoms with Crippen molar-refractivity contribution < 1.29 is 13.9 Å². The van der Waals surface area contributed by atoms with Crippen molar-refractivity contribution in [2.24, 2.45) is 5.73 Å². The molecule has 0 saturated heterocycles. The van der Waals surface area contributed by atoms with E-state index in [2.05, 4.69) is 0 Å². The highest BCUT2D eigenvalue weighted by Crippen LogP contribution is 2.39. The van der Waals surface area contributed by atoms with Gasteiger partial charge in [0.15, 0.2) is 11.5 Å². The van der Waals surface area contributed by atoms with Gasteiger partial charge in [0.1, 0.15) is 6.17 Å². The Hall–Kier alpha value is -1.29. The van der Waals surface area contributed by atoms with Crippen molar-refractivity contribution in [3.63, 3.8) is 0 Å². The molecule has 0 radical (unpaired) electrons. The Labute approximate surface area is 75.3 Å². The molecule has 0 aromatic heterocycles. The van der Waals surface area contributed by atoms with Gasteiger partial charge in [0.05, 0.1) is 0 Å². The van der Waals surface area contributed by atoms with Gasteiger partial charge < -0.3 is 15.2 Å². The third-order valence-electron chi connectivity index (χ3n) is 1.97. The zero-order valence-corrected chi connectivity index (χ0v) is 7.00. The van der Waals surface area contributed by atoms with Crippen LogP contribution in [-0.2, 0) is 0 Å². The van der Waals surface area contributed by atoms with Crippen LogP contribution >= 0.6 is 0 Å². The van der Waals surface area contributed by atoms with Gasteiger partial charge in [-0.15, -0.1) is 0 Å². The number of halogens is 1. The van der Waals surface area contributed by atoms with E-state index in [0.29, 0.717) is 17.1 Å². The summed E-state index contributed by atoms with van der Waals surface area (Å²) in [5.41, 5.74) is 5.70. The van der Waals surface area contributed by atoms with Crippen molar-refractivity contribution >= 4 is 0 Å². The molecule has 0 saturated carbocycles. The third kappa shape index (κ3) is 1.33. The molecule has 2 N–H and O–H groups in total. The summed E-state index contributed by atoms with van der Waals surface area (Å²) in [6.07, 6.45) is -1.18. The molecule has 0 fully saturated rings. The first kappa shape index (κ1) is 8.31. The molecule has 13 heavy (non-hydrogen) atoms. The lowest BCUT2D eigenvalue weighted by Crippen LogP contribution is -2.08. The summed E-state index contributed by atoms with van der Waals surface area (Å²) in [4.78, 5) is 0. The van der Waals surface area contributed by atoms with E-state index in [1.807, 2.05) is 0 Å². The number of nitrogens with two attached hydrogens (primary N) is 1.